The lowest BCUT2D eigenvalue weighted by atomic mass is 10.2. The number of piperazine rings is 1. The number of hydrogen-bond acceptors (Lipinski definition) is 3. The number of amides is 2. The first-order valence-electron chi connectivity index (χ1n) is 7.25. The van der Waals surface area contributed by atoms with Gasteiger partial charge < -0.3 is 9.64 Å². The molecular weight excluding hydrogens is 287 g/mol. The van der Waals surface area contributed by atoms with Crippen molar-refractivity contribution in [3.8, 4) is 0 Å². The molecule has 0 atom stereocenters. The maximum Gasteiger partial charge on any atom is 0.410 e. The van der Waals surface area contributed by atoms with Gasteiger partial charge >= 0.3 is 6.09 Å². The van der Waals surface area contributed by atoms with Gasteiger partial charge in [-0.15, -0.1) is 0 Å². The van der Waals surface area contributed by atoms with E-state index in [9.17, 15) is 14.0 Å². The minimum Gasteiger partial charge on any atom is -0.444 e. The molecule has 0 bridgehead atoms. The van der Waals surface area contributed by atoms with E-state index in [1.807, 2.05) is 0 Å². The summed E-state index contributed by atoms with van der Waals surface area (Å²) in [5.41, 5.74) is 0.284. The third-order valence-electron chi connectivity index (χ3n) is 3.26. The molecule has 2 amide bonds. The summed E-state index contributed by atoms with van der Waals surface area (Å²) in [4.78, 5) is 27.2. The second-order valence-corrected chi connectivity index (χ2v) is 6.34. The Morgan fingerprint density at radius 2 is 1.86 bits per heavy atom. The molecule has 2 rings (SSSR count). The van der Waals surface area contributed by atoms with Crippen molar-refractivity contribution in [2.24, 2.45) is 0 Å². The van der Waals surface area contributed by atoms with E-state index in [4.69, 9.17) is 4.74 Å². The molecule has 1 aromatic carbocycles. The van der Waals surface area contributed by atoms with Gasteiger partial charge in [0.2, 0.25) is 5.91 Å². The van der Waals surface area contributed by atoms with Crippen molar-refractivity contribution >= 4 is 12.0 Å². The van der Waals surface area contributed by atoms with E-state index >= 15 is 0 Å². The van der Waals surface area contributed by atoms with Crippen molar-refractivity contribution in [1.82, 2.24) is 9.80 Å². The maximum atomic E-state index is 12.9. The maximum absolute atomic E-state index is 12.9. The van der Waals surface area contributed by atoms with E-state index in [2.05, 4.69) is 0 Å². The average Bonchev–Trinajstić information content (AvgIpc) is 2.41. The van der Waals surface area contributed by atoms with Gasteiger partial charge in [0.1, 0.15) is 18.0 Å². The Bertz CT molecular complexity index is 552. The summed E-state index contributed by atoms with van der Waals surface area (Å²) in [6.07, 6.45) is -0.470. The summed E-state index contributed by atoms with van der Waals surface area (Å²) < 4.78 is 18.1. The van der Waals surface area contributed by atoms with Gasteiger partial charge in [0.05, 0.1) is 0 Å². The van der Waals surface area contributed by atoms with E-state index in [0.29, 0.717) is 19.6 Å². The third kappa shape index (κ3) is 4.44. The summed E-state index contributed by atoms with van der Waals surface area (Å²) in [6.45, 7) is 6.67. The zero-order chi connectivity index (χ0) is 16.3. The van der Waals surface area contributed by atoms with Gasteiger partial charge in [0, 0.05) is 19.6 Å². The SMILES string of the molecule is CC(C)(C)OC(=O)N1CCN(Cc2ccc(F)cc2)C(=O)C1. The third-order valence-corrected chi connectivity index (χ3v) is 3.26. The van der Waals surface area contributed by atoms with Gasteiger partial charge in [-0.05, 0) is 38.5 Å². The molecule has 1 aliphatic heterocycles. The lowest BCUT2D eigenvalue weighted by molar-refractivity contribution is -0.136. The van der Waals surface area contributed by atoms with Crippen LogP contribution in [0.4, 0.5) is 9.18 Å². The zero-order valence-corrected chi connectivity index (χ0v) is 13.1. The summed E-state index contributed by atoms with van der Waals surface area (Å²) in [5, 5.41) is 0. The number of carbonyl (C=O) groups is 2. The Labute approximate surface area is 129 Å². The van der Waals surface area contributed by atoms with Crippen LogP contribution in [0.1, 0.15) is 26.3 Å². The topological polar surface area (TPSA) is 49.9 Å². The fourth-order valence-corrected chi connectivity index (χ4v) is 2.17. The predicted octanol–water partition coefficient (Wildman–Crippen LogP) is 2.41. The van der Waals surface area contributed by atoms with Crippen LogP contribution < -0.4 is 0 Å². The van der Waals surface area contributed by atoms with Crippen molar-refractivity contribution in [2.75, 3.05) is 19.6 Å². The van der Waals surface area contributed by atoms with Gasteiger partial charge in [-0.3, -0.25) is 9.69 Å². The van der Waals surface area contributed by atoms with Gasteiger partial charge in [-0.25, -0.2) is 9.18 Å². The first-order valence-corrected chi connectivity index (χ1v) is 7.25. The Hall–Kier alpha value is -2.11. The molecule has 5 nitrogen and oxygen atoms in total. The van der Waals surface area contributed by atoms with Crippen LogP contribution in [0, 0.1) is 5.82 Å². The van der Waals surface area contributed by atoms with E-state index in [-0.39, 0.29) is 18.3 Å². The summed E-state index contributed by atoms with van der Waals surface area (Å²) in [6, 6.07) is 6.05. The lowest BCUT2D eigenvalue weighted by Gasteiger charge is -2.35. The van der Waals surface area contributed by atoms with E-state index < -0.39 is 11.7 Å². The molecule has 0 spiro atoms. The molecule has 0 aromatic heterocycles. The molecule has 1 aliphatic rings. The molecule has 0 unspecified atom stereocenters. The van der Waals surface area contributed by atoms with E-state index in [0.717, 1.165) is 5.56 Å². The summed E-state index contributed by atoms with van der Waals surface area (Å²) in [5.74, 6) is -0.439. The van der Waals surface area contributed by atoms with Gasteiger partial charge in [-0.2, -0.15) is 0 Å². The van der Waals surface area contributed by atoms with Crippen LogP contribution in [-0.4, -0.2) is 47.0 Å². The standard InChI is InChI=1S/C16H21FN2O3/c1-16(2,3)22-15(21)19-9-8-18(14(20)11-19)10-12-4-6-13(17)7-5-12/h4-7H,8-11H2,1-3H3. The molecule has 1 aromatic rings. The van der Waals surface area contributed by atoms with Gasteiger partial charge in [0.15, 0.2) is 0 Å². The smallest absolute Gasteiger partial charge is 0.410 e. The molecule has 1 saturated heterocycles. The van der Waals surface area contributed by atoms with Crippen molar-refractivity contribution in [1.29, 1.82) is 0 Å². The van der Waals surface area contributed by atoms with Crippen LogP contribution in [0.3, 0.4) is 0 Å². The molecule has 22 heavy (non-hydrogen) atoms. The van der Waals surface area contributed by atoms with E-state index in [1.165, 1.54) is 17.0 Å². The second kappa shape index (κ2) is 6.34. The minimum atomic E-state index is -0.578. The highest BCUT2D eigenvalue weighted by Crippen LogP contribution is 2.14. The number of carbonyl (C=O) groups excluding carboxylic acids is 2. The summed E-state index contributed by atoms with van der Waals surface area (Å²) >= 11 is 0. The number of halogens is 1. The van der Waals surface area contributed by atoms with Crippen LogP contribution in [0.15, 0.2) is 24.3 Å². The Kier molecular flexibility index (Phi) is 4.68. The second-order valence-electron chi connectivity index (χ2n) is 6.34. The highest BCUT2D eigenvalue weighted by molar-refractivity contribution is 5.83. The fraction of sp³-hybridized carbons (Fsp3) is 0.500. The quantitative estimate of drug-likeness (QED) is 0.843. The lowest BCUT2D eigenvalue weighted by Crippen LogP contribution is -2.52. The first kappa shape index (κ1) is 16.3. The number of benzene rings is 1. The monoisotopic (exact) mass is 308 g/mol. The van der Waals surface area contributed by atoms with Gasteiger partial charge in [-0.1, -0.05) is 12.1 Å². The Balaban J connectivity index is 1.91. The molecule has 0 aliphatic carbocycles. The highest BCUT2D eigenvalue weighted by atomic mass is 19.1. The average molecular weight is 308 g/mol. The minimum absolute atomic E-state index is 0.0100. The van der Waals surface area contributed by atoms with Crippen LogP contribution in [-0.2, 0) is 16.1 Å². The predicted molar refractivity (Wildman–Crippen MR) is 79.6 cm³/mol. The fourth-order valence-electron chi connectivity index (χ4n) is 2.17. The number of ether oxygens (including phenoxy) is 1. The van der Waals surface area contributed by atoms with Crippen LogP contribution >= 0.6 is 0 Å². The number of nitrogens with zero attached hydrogens (tertiary/aromatic N) is 2. The Morgan fingerprint density at radius 1 is 1.23 bits per heavy atom. The molecule has 1 fully saturated rings. The van der Waals surface area contributed by atoms with E-state index in [1.54, 1.807) is 37.8 Å². The molecule has 0 radical (unpaired) electrons. The molecule has 0 saturated carbocycles. The largest absolute Gasteiger partial charge is 0.444 e. The van der Waals surface area contributed by atoms with Crippen molar-refractivity contribution in [2.45, 2.75) is 32.9 Å². The van der Waals surface area contributed by atoms with Crippen LogP contribution in [0.5, 0.6) is 0 Å². The molecule has 6 heteroatoms. The molecular formula is C16H21FN2O3. The Morgan fingerprint density at radius 3 is 2.41 bits per heavy atom. The molecule has 0 N–H and O–H groups in total. The van der Waals surface area contributed by atoms with Gasteiger partial charge in [0.25, 0.3) is 0 Å². The van der Waals surface area contributed by atoms with Crippen molar-refractivity contribution < 1.29 is 18.7 Å². The first-order chi connectivity index (χ1) is 10.2. The number of hydrogen-bond donors (Lipinski definition) is 0. The highest BCUT2D eigenvalue weighted by Gasteiger charge is 2.30. The normalized spacial score (nSPS) is 15.9. The summed E-state index contributed by atoms with van der Waals surface area (Å²) in [7, 11) is 0. The zero-order valence-electron chi connectivity index (χ0n) is 13.1. The van der Waals surface area contributed by atoms with Crippen molar-refractivity contribution in [3.05, 3.63) is 35.6 Å². The van der Waals surface area contributed by atoms with Crippen molar-refractivity contribution in [3.63, 3.8) is 0 Å². The molecule has 1 heterocycles. The van der Waals surface area contributed by atoms with Crippen LogP contribution in [0.25, 0.3) is 0 Å². The number of rotatable bonds is 2. The van der Waals surface area contributed by atoms with Crippen LogP contribution in [0.2, 0.25) is 0 Å². The molecule has 120 valence electrons.